The number of ether oxygens (including phenoxy) is 1. The normalized spacial score (nSPS) is 14.7. The number of hydrogen-bond acceptors (Lipinski definition) is 3. The maximum absolute atomic E-state index is 6.16. The van der Waals surface area contributed by atoms with Crippen LogP contribution in [0.2, 0.25) is 5.02 Å². The van der Waals surface area contributed by atoms with E-state index in [4.69, 9.17) is 21.3 Å². The molecule has 154 valence electrons. The van der Waals surface area contributed by atoms with Crippen molar-refractivity contribution >= 4 is 22.6 Å². The lowest BCUT2D eigenvalue weighted by Crippen LogP contribution is -2.21. The van der Waals surface area contributed by atoms with Gasteiger partial charge in [-0.2, -0.15) is 0 Å². The SMILES string of the molecule is Clc1ccccc1OCCCCn1c(CCCN2CCCC2)nc2ccccc21. The third-order valence-corrected chi connectivity index (χ3v) is 5.99. The Hall–Kier alpha value is -2.04. The molecule has 0 spiro atoms. The van der Waals surface area contributed by atoms with Crippen molar-refractivity contribution in [3.05, 3.63) is 59.4 Å². The van der Waals surface area contributed by atoms with Crippen LogP contribution in [0.3, 0.4) is 0 Å². The summed E-state index contributed by atoms with van der Waals surface area (Å²) in [5, 5.41) is 0.674. The minimum atomic E-state index is 0.674. The number of halogens is 1. The number of imidazole rings is 1. The van der Waals surface area contributed by atoms with Crippen molar-refractivity contribution in [3.8, 4) is 5.75 Å². The molecule has 0 atom stereocenters. The van der Waals surface area contributed by atoms with E-state index in [0.29, 0.717) is 11.6 Å². The molecule has 4 rings (SSSR count). The number of aryl methyl sites for hydroxylation is 2. The number of benzene rings is 2. The minimum Gasteiger partial charge on any atom is -0.492 e. The van der Waals surface area contributed by atoms with E-state index in [1.54, 1.807) is 0 Å². The van der Waals surface area contributed by atoms with Crippen LogP contribution >= 0.6 is 11.6 Å². The molecular formula is C24H30ClN3O. The van der Waals surface area contributed by atoms with Gasteiger partial charge in [0, 0.05) is 13.0 Å². The Labute approximate surface area is 178 Å². The van der Waals surface area contributed by atoms with E-state index in [1.165, 1.54) is 50.2 Å². The van der Waals surface area contributed by atoms with Crippen LogP contribution in [-0.4, -0.2) is 40.7 Å². The zero-order valence-electron chi connectivity index (χ0n) is 17.0. The lowest BCUT2D eigenvalue weighted by atomic mass is 10.2. The highest BCUT2D eigenvalue weighted by Gasteiger charge is 2.13. The molecule has 1 fully saturated rings. The fourth-order valence-corrected chi connectivity index (χ4v) is 4.34. The Balaban J connectivity index is 1.32. The molecule has 3 aromatic rings. The summed E-state index contributed by atoms with van der Waals surface area (Å²) < 4.78 is 8.24. The van der Waals surface area contributed by atoms with Crippen LogP contribution in [0, 0.1) is 0 Å². The van der Waals surface area contributed by atoms with E-state index in [0.717, 1.165) is 37.1 Å². The first-order valence-electron chi connectivity index (χ1n) is 10.8. The van der Waals surface area contributed by atoms with Gasteiger partial charge in [0.05, 0.1) is 22.7 Å². The molecule has 1 aliphatic rings. The molecule has 0 unspecified atom stereocenters. The maximum Gasteiger partial charge on any atom is 0.137 e. The minimum absolute atomic E-state index is 0.674. The van der Waals surface area contributed by atoms with Gasteiger partial charge >= 0.3 is 0 Å². The molecule has 29 heavy (non-hydrogen) atoms. The van der Waals surface area contributed by atoms with Gasteiger partial charge in [-0.3, -0.25) is 0 Å². The molecule has 0 aliphatic carbocycles. The monoisotopic (exact) mass is 411 g/mol. The van der Waals surface area contributed by atoms with Crippen LogP contribution in [-0.2, 0) is 13.0 Å². The van der Waals surface area contributed by atoms with Crippen molar-refractivity contribution in [1.29, 1.82) is 0 Å². The van der Waals surface area contributed by atoms with Crippen LogP contribution in [0.15, 0.2) is 48.5 Å². The lowest BCUT2D eigenvalue weighted by molar-refractivity contribution is 0.303. The highest BCUT2D eigenvalue weighted by molar-refractivity contribution is 6.32. The van der Waals surface area contributed by atoms with Crippen LogP contribution in [0.5, 0.6) is 5.75 Å². The molecule has 0 amide bonds. The van der Waals surface area contributed by atoms with Gasteiger partial charge in [0.2, 0.25) is 0 Å². The Kier molecular flexibility index (Phi) is 7.07. The van der Waals surface area contributed by atoms with Crippen LogP contribution in [0.1, 0.15) is 37.9 Å². The van der Waals surface area contributed by atoms with Gasteiger partial charge in [0.1, 0.15) is 11.6 Å². The zero-order chi connectivity index (χ0) is 19.9. The molecular weight excluding hydrogens is 382 g/mol. The summed E-state index contributed by atoms with van der Waals surface area (Å²) in [7, 11) is 0. The molecule has 0 bridgehead atoms. The fraction of sp³-hybridized carbons (Fsp3) is 0.458. The summed E-state index contributed by atoms with van der Waals surface area (Å²) in [5.41, 5.74) is 2.35. The predicted molar refractivity (Wildman–Crippen MR) is 120 cm³/mol. The number of hydrogen-bond donors (Lipinski definition) is 0. The number of likely N-dealkylation sites (tertiary alicyclic amines) is 1. The number of unbranched alkanes of at least 4 members (excludes halogenated alkanes) is 1. The van der Waals surface area contributed by atoms with Gasteiger partial charge in [-0.05, 0) is 76.0 Å². The summed E-state index contributed by atoms with van der Waals surface area (Å²) in [4.78, 5) is 7.51. The second kappa shape index (κ2) is 10.1. The predicted octanol–water partition coefficient (Wildman–Crippen LogP) is 5.58. The van der Waals surface area contributed by atoms with E-state index in [-0.39, 0.29) is 0 Å². The Bertz CT molecular complexity index is 917. The third-order valence-electron chi connectivity index (χ3n) is 5.68. The number of aromatic nitrogens is 2. The summed E-state index contributed by atoms with van der Waals surface area (Å²) in [6.45, 7) is 5.38. The molecule has 4 nitrogen and oxygen atoms in total. The van der Waals surface area contributed by atoms with Crippen LogP contribution < -0.4 is 4.74 Å². The molecule has 0 radical (unpaired) electrons. The van der Waals surface area contributed by atoms with Crippen molar-refractivity contribution in [3.63, 3.8) is 0 Å². The largest absolute Gasteiger partial charge is 0.492 e. The summed E-state index contributed by atoms with van der Waals surface area (Å²) in [6.07, 6.45) is 6.98. The van der Waals surface area contributed by atoms with Crippen molar-refractivity contribution in [2.24, 2.45) is 0 Å². The molecule has 2 aromatic carbocycles. The van der Waals surface area contributed by atoms with Gasteiger partial charge in [-0.1, -0.05) is 35.9 Å². The molecule has 2 heterocycles. The Morgan fingerprint density at radius 3 is 2.55 bits per heavy atom. The van der Waals surface area contributed by atoms with E-state index < -0.39 is 0 Å². The van der Waals surface area contributed by atoms with E-state index in [2.05, 4.69) is 33.7 Å². The summed E-state index contributed by atoms with van der Waals surface area (Å²) >= 11 is 6.16. The zero-order valence-corrected chi connectivity index (χ0v) is 17.8. The van der Waals surface area contributed by atoms with E-state index in [9.17, 15) is 0 Å². The number of nitrogens with zero attached hydrogens (tertiary/aromatic N) is 3. The number of rotatable bonds is 10. The van der Waals surface area contributed by atoms with Crippen LogP contribution in [0.25, 0.3) is 11.0 Å². The number of fused-ring (bicyclic) bond motifs is 1. The van der Waals surface area contributed by atoms with Gasteiger partial charge in [-0.25, -0.2) is 4.98 Å². The van der Waals surface area contributed by atoms with Crippen molar-refractivity contribution in [2.75, 3.05) is 26.2 Å². The van der Waals surface area contributed by atoms with Gasteiger partial charge in [0.15, 0.2) is 0 Å². The van der Waals surface area contributed by atoms with Gasteiger partial charge in [0.25, 0.3) is 0 Å². The van der Waals surface area contributed by atoms with E-state index in [1.807, 2.05) is 24.3 Å². The molecule has 0 N–H and O–H groups in total. The van der Waals surface area contributed by atoms with Crippen molar-refractivity contribution in [2.45, 2.75) is 45.1 Å². The maximum atomic E-state index is 6.16. The molecule has 1 aliphatic heterocycles. The standard InChI is InChI=1S/C24H30ClN3O/c25-20-10-1-4-13-23(20)29-19-8-7-18-28-22-12-3-2-11-21(22)26-24(28)14-9-17-27-15-5-6-16-27/h1-4,10-13H,5-9,14-19H2. The first kappa shape index (κ1) is 20.2. The summed E-state index contributed by atoms with van der Waals surface area (Å²) in [6, 6.07) is 16.1. The van der Waals surface area contributed by atoms with Crippen molar-refractivity contribution < 1.29 is 4.74 Å². The van der Waals surface area contributed by atoms with E-state index >= 15 is 0 Å². The van der Waals surface area contributed by atoms with Crippen molar-refractivity contribution in [1.82, 2.24) is 14.5 Å². The van der Waals surface area contributed by atoms with Gasteiger partial charge in [-0.15, -0.1) is 0 Å². The molecule has 1 aromatic heterocycles. The quantitative estimate of drug-likeness (QED) is 0.408. The topological polar surface area (TPSA) is 30.3 Å². The van der Waals surface area contributed by atoms with Gasteiger partial charge < -0.3 is 14.2 Å². The number of para-hydroxylation sites is 3. The molecule has 5 heteroatoms. The Morgan fingerprint density at radius 2 is 1.69 bits per heavy atom. The lowest BCUT2D eigenvalue weighted by Gasteiger charge is -2.14. The third kappa shape index (κ3) is 5.31. The summed E-state index contributed by atoms with van der Waals surface area (Å²) in [5.74, 6) is 1.99. The highest BCUT2D eigenvalue weighted by atomic mass is 35.5. The molecule has 1 saturated heterocycles. The second-order valence-corrected chi connectivity index (χ2v) is 8.21. The first-order valence-corrected chi connectivity index (χ1v) is 11.2. The first-order chi connectivity index (χ1) is 14.3. The average molecular weight is 412 g/mol. The van der Waals surface area contributed by atoms with Crippen LogP contribution in [0.4, 0.5) is 0 Å². The second-order valence-electron chi connectivity index (χ2n) is 7.81. The Morgan fingerprint density at radius 1 is 0.897 bits per heavy atom. The smallest absolute Gasteiger partial charge is 0.137 e. The average Bonchev–Trinajstić information content (AvgIpc) is 3.37. The highest BCUT2D eigenvalue weighted by Crippen LogP contribution is 2.23. The fourth-order valence-electron chi connectivity index (χ4n) is 4.15. The molecule has 0 saturated carbocycles.